The first-order valence-corrected chi connectivity index (χ1v) is 7.17. The van der Waals surface area contributed by atoms with E-state index < -0.39 is 5.97 Å². The first-order chi connectivity index (χ1) is 9.15. The Morgan fingerprint density at radius 1 is 1.53 bits per heavy atom. The fourth-order valence-corrected chi connectivity index (χ4v) is 2.98. The first-order valence-electron chi connectivity index (χ1n) is 6.79. The number of anilines is 1. The molecule has 0 spiro atoms. The second-order valence-corrected chi connectivity index (χ2v) is 5.28. The van der Waals surface area contributed by atoms with Gasteiger partial charge in [0, 0.05) is 18.8 Å². The van der Waals surface area contributed by atoms with Gasteiger partial charge < -0.3 is 10.0 Å². The highest BCUT2D eigenvalue weighted by Gasteiger charge is 2.24. The SMILES string of the molecule is CCC1CCCCCN1c1nccc(C(=O)O)c1Cl. The first kappa shape index (κ1) is 14.1. The van der Waals surface area contributed by atoms with E-state index in [-0.39, 0.29) is 10.6 Å². The van der Waals surface area contributed by atoms with Crippen LogP contribution in [0.1, 0.15) is 49.4 Å². The minimum atomic E-state index is -1.00. The number of aromatic carboxylic acids is 1. The molecular formula is C14H19ClN2O2. The van der Waals surface area contributed by atoms with Crippen LogP contribution in [0.15, 0.2) is 12.3 Å². The number of carboxylic acids is 1. The third kappa shape index (κ3) is 3.00. The van der Waals surface area contributed by atoms with Gasteiger partial charge in [0.1, 0.15) is 5.82 Å². The van der Waals surface area contributed by atoms with Gasteiger partial charge in [-0.15, -0.1) is 0 Å². The summed E-state index contributed by atoms with van der Waals surface area (Å²) < 4.78 is 0. The number of hydrogen-bond acceptors (Lipinski definition) is 3. The average molecular weight is 283 g/mol. The van der Waals surface area contributed by atoms with Gasteiger partial charge in [0.05, 0.1) is 10.6 Å². The molecule has 4 nitrogen and oxygen atoms in total. The summed E-state index contributed by atoms with van der Waals surface area (Å²) in [4.78, 5) is 17.6. The number of carbonyl (C=O) groups is 1. The van der Waals surface area contributed by atoms with Gasteiger partial charge in [0.25, 0.3) is 0 Å². The van der Waals surface area contributed by atoms with Crippen molar-refractivity contribution in [3.8, 4) is 0 Å². The smallest absolute Gasteiger partial charge is 0.337 e. The summed E-state index contributed by atoms with van der Waals surface area (Å²) in [7, 11) is 0. The Morgan fingerprint density at radius 3 is 3.00 bits per heavy atom. The van der Waals surface area contributed by atoms with E-state index in [4.69, 9.17) is 16.7 Å². The summed E-state index contributed by atoms with van der Waals surface area (Å²) in [6.07, 6.45) is 7.20. The molecule has 1 N–H and O–H groups in total. The lowest BCUT2D eigenvalue weighted by Gasteiger charge is -2.31. The van der Waals surface area contributed by atoms with Crippen LogP contribution in [0.25, 0.3) is 0 Å². The molecule has 0 aromatic carbocycles. The fraction of sp³-hybridized carbons (Fsp3) is 0.571. The van der Waals surface area contributed by atoms with E-state index in [2.05, 4.69) is 16.8 Å². The molecule has 0 aliphatic carbocycles. The van der Waals surface area contributed by atoms with Crippen molar-refractivity contribution in [2.45, 2.75) is 45.1 Å². The molecule has 5 heteroatoms. The summed E-state index contributed by atoms with van der Waals surface area (Å²) in [5.74, 6) is -0.383. The van der Waals surface area contributed by atoms with Crippen molar-refractivity contribution in [1.29, 1.82) is 0 Å². The molecule has 104 valence electrons. The van der Waals surface area contributed by atoms with E-state index >= 15 is 0 Å². The summed E-state index contributed by atoms with van der Waals surface area (Å²) >= 11 is 6.23. The maximum atomic E-state index is 11.1. The van der Waals surface area contributed by atoms with Crippen LogP contribution in [0.3, 0.4) is 0 Å². The van der Waals surface area contributed by atoms with Gasteiger partial charge in [-0.05, 0) is 25.3 Å². The van der Waals surface area contributed by atoms with E-state index in [1.54, 1.807) is 0 Å². The van der Waals surface area contributed by atoms with Crippen LogP contribution in [0, 0.1) is 0 Å². The average Bonchev–Trinajstić information content (AvgIpc) is 2.63. The van der Waals surface area contributed by atoms with Crippen LogP contribution in [0.2, 0.25) is 5.02 Å². The lowest BCUT2D eigenvalue weighted by molar-refractivity contribution is 0.0697. The Bertz CT molecular complexity index is 465. The third-order valence-corrected chi connectivity index (χ3v) is 4.09. The number of rotatable bonds is 3. The normalized spacial score (nSPS) is 20.1. The number of aromatic nitrogens is 1. The minimum Gasteiger partial charge on any atom is -0.478 e. The second-order valence-electron chi connectivity index (χ2n) is 4.91. The van der Waals surface area contributed by atoms with Gasteiger partial charge in [-0.2, -0.15) is 0 Å². The molecule has 19 heavy (non-hydrogen) atoms. The van der Waals surface area contributed by atoms with Crippen LogP contribution in [0.5, 0.6) is 0 Å². The molecule has 2 heterocycles. The minimum absolute atomic E-state index is 0.130. The highest BCUT2D eigenvalue weighted by Crippen LogP contribution is 2.31. The van der Waals surface area contributed by atoms with Crippen molar-refractivity contribution in [3.05, 3.63) is 22.8 Å². The number of pyridine rings is 1. The Balaban J connectivity index is 2.38. The van der Waals surface area contributed by atoms with Gasteiger partial charge in [0.15, 0.2) is 0 Å². The third-order valence-electron chi connectivity index (χ3n) is 3.72. The van der Waals surface area contributed by atoms with Gasteiger partial charge in [-0.25, -0.2) is 9.78 Å². The van der Waals surface area contributed by atoms with Crippen LogP contribution in [-0.2, 0) is 0 Å². The topological polar surface area (TPSA) is 53.4 Å². The van der Waals surface area contributed by atoms with Crippen LogP contribution < -0.4 is 4.90 Å². The van der Waals surface area contributed by atoms with Crippen LogP contribution >= 0.6 is 11.6 Å². The molecule has 1 aliphatic rings. The predicted octanol–water partition coefficient (Wildman–Crippen LogP) is 3.59. The zero-order valence-electron chi connectivity index (χ0n) is 11.1. The summed E-state index contributed by atoms with van der Waals surface area (Å²) in [5.41, 5.74) is 0.130. The van der Waals surface area contributed by atoms with Crippen LogP contribution in [-0.4, -0.2) is 28.6 Å². The van der Waals surface area contributed by atoms with Gasteiger partial charge in [-0.3, -0.25) is 0 Å². The lowest BCUT2D eigenvalue weighted by atomic mass is 10.1. The number of hydrogen-bond donors (Lipinski definition) is 1. The largest absolute Gasteiger partial charge is 0.478 e. The number of nitrogens with zero attached hydrogens (tertiary/aromatic N) is 2. The molecule has 1 aromatic rings. The molecule has 1 aliphatic heterocycles. The highest BCUT2D eigenvalue weighted by molar-refractivity contribution is 6.35. The van der Waals surface area contributed by atoms with Gasteiger partial charge in [0.2, 0.25) is 0 Å². The van der Waals surface area contributed by atoms with E-state index in [0.717, 1.165) is 25.8 Å². The lowest BCUT2D eigenvalue weighted by Crippen LogP contribution is -2.35. The molecule has 2 rings (SSSR count). The van der Waals surface area contributed by atoms with Crippen molar-refractivity contribution >= 4 is 23.4 Å². The highest BCUT2D eigenvalue weighted by atomic mass is 35.5. The molecule has 1 fully saturated rings. The van der Waals surface area contributed by atoms with Crippen molar-refractivity contribution in [2.24, 2.45) is 0 Å². The van der Waals surface area contributed by atoms with E-state index in [9.17, 15) is 4.79 Å². The van der Waals surface area contributed by atoms with E-state index in [1.165, 1.54) is 25.1 Å². The number of carboxylic acid groups (broad SMARTS) is 1. The zero-order chi connectivity index (χ0) is 13.8. The summed E-state index contributed by atoms with van der Waals surface area (Å²) in [6.45, 7) is 3.05. The number of halogens is 1. The maximum absolute atomic E-state index is 11.1. The second kappa shape index (κ2) is 6.24. The summed E-state index contributed by atoms with van der Waals surface area (Å²) in [5, 5.41) is 9.40. The summed E-state index contributed by atoms with van der Waals surface area (Å²) in [6, 6.07) is 1.85. The molecule has 0 saturated carbocycles. The quantitative estimate of drug-likeness (QED) is 0.920. The van der Waals surface area contributed by atoms with Crippen molar-refractivity contribution in [2.75, 3.05) is 11.4 Å². The molecule has 0 amide bonds. The molecule has 0 bridgehead atoms. The van der Waals surface area contributed by atoms with Crippen molar-refractivity contribution in [3.63, 3.8) is 0 Å². The molecule has 0 radical (unpaired) electrons. The Kier molecular flexibility index (Phi) is 4.64. The predicted molar refractivity (Wildman–Crippen MR) is 76.1 cm³/mol. The Labute approximate surface area is 118 Å². The monoisotopic (exact) mass is 282 g/mol. The van der Waals surface area contributed by atoms with E-state index in [1.807, 2.05) is 0 Å². The van der Waals surface area contributed by atoms with Crippen molar-refractivity contribution in [1.82, 2.24) is 4.98 Å². The Hall–Kier alpha value is -1.29. The molecule has 1 saturated heterocycles. The van der Waals surface area contributed by atoms with Gasteiger partial charge in [-0.1, -0.05) is 31.4 Å². The van der Waals surface area contributed by atoms with Crippen molar-refractivity contribution < 1.29 is 9.90 Å². The zero-order valence-corrected chi connectivity index (χ0v) is 11.9. The molecule has 1 atom stereocenters. The fourth-order valence-electron chi connectivity index (χ4n) is 2.68. The Morgan fingerprint density at radius 2 is 2.32 bits per heavy atom. The maximum Gasteiger partial charge on any atom is 0.337 e. The molecular weight excluding hydrogens is 264 g/mol. The van der Waals surface area contributed by atoms with E-state index in [0.29, 0.717) is 11.9 Å². The standard InChI is InChI=1S/C14H19ClN2O2/c1-2-10-6-4-3-5-9-17(10)13-12(15)11(14(18)19)7-8-16-13/h7-8,10H,2-6,9H2,1H3,(H,18,19). The molecule has 1 unspecified atom stereocenters. The molecule has 1 aromatic heterocycles. The van der Waals surface area contributed by atoms with Gasteiger partial charge >= 0.3 is 5.97 Å². The van der Waals surface area contributed by atoms with Crippen LogP contribution in [0.4, 0.5) is 5.82 Å².